The number of halogens is 2. The van der Waals surface area contributed by atoms with Gasteiger partial charge in [-0.2, -0.15) is 0 Å². The number of hydrogen-bond donors (Lipinski definition) is 2. The molecular weight excluding hydrogens is 454 g/mol. The smallest absolute Gasteiger partial charge is 0.316 e. The molecule has 2 aromatic rings. The Morgan fingerprint density at radius 1 is 1.29 bits per heavy atom. The van der Waals surface area contributed by atoms with Gasteiger partial charge in [-0.25, -0.2) is 23.7 Å². The highest BCUT2D eigenvalue weighted by atomic mass is 19.3. The Labute approximate surface area is 204 Å². The number of anilines is 1. The van der Waals surface area contributed by atoms with Crippen molar-refractivity contribution in [1.29, 1.82) is 0 Å². The summed E-state index contributed by atoms with van der Waals surface area (Å²) in [5.74, 6) is -3.45. The minimum atomic E-state index is -2.98. The molecular formula is C26H34F2N4O3. The minimum Gasteiger partial charge on any atom is -0.481 e. The number of carboxylic acid groups (broad SMARTS) is 1. The first-order valence-electron chi connectivity index (χ1n) is 12.7. The van der Waals surface area contributed by atoms with Crippen LogP contribution in [0.25, 0.3) is 0 Å². The number of nitrogens with zero attached hydrogens (tertiary/aromatic N) is 3. The van der Waals surface area contributed by atoms with Gasteiger partial charge in [0.2, 0.25) is 5.92 Å². The molecule has 9 heteroatoms. The summed E-state index contributed by atoms with van der Waals surface area (Å²) >= 11 is 0. The normalized spacial score (nSPS) is 16.3. The number of aromatic nitrogens is 3. The number of carboxylic acids is 1. The Hall–Kier alpha value is -2.84. The number of ether oxygens (including phenoxy) is 1. The Bertz CT molecular complexity index is 1010. The average molecular weight is 489 g/mol. The summed E-state index contributed by atoms with van der Waals surface area (Å²) in [5.41, 5.74) is 4.00. The molecule has 1 atom stereocenters. The summed E-state index contributed by atoms with van der Waals surface area (Å²) in [6.45, 7) is 3.09. The van der Waals surface area contributed by atoms with Crippen molar-refractivity contribution in [2.45, 2.75) is 88.9 Å². The lowest BCUT2D eigenvalue weighted by atomic mass is 9.89. The number of unbranched alkanes of at least 4 members (excludes halogenated alkanes) is 1. The molecule has 0 aromatic carbocycles. The summed E-state index contributed by atoms with van der Waals surface area (Å²) in [7, 11) is 0. The Balaban J connectivity index is 1.34. The highest BCUT2D eigenvalue weighted by Crippen LogP contribution is 2.43. The maximum atomic E-state index is 14.9. The number of alkyl halides is 2. The average Bonchev–Trinajstić information content (AvgIpc) is 3.67. The number of aryl methyl sites for hydroxylation is 2. The largest absolute Gasteiger partial charge is 0.481 e. The van der Waals surface area contributed by atoms with Crippen LogP contribution >= 0.6 is 0 Å². The van der Waals surface area contributed by atoms with Crippen molar-refractivity contribution >= 4 is 11.8 Å². The van der Waals surface area contributed by atoms with Crippen LogP contribution in [0.2, 0.25) is 0 Å². The van der Waals surface area contributed by atoms with Crippen LogP contribution in [-0.4, -0.2) is 45.1 Å². The molecule has 190 valence electrons. The third-order valence-electron chi connectivity index (χ3n) is 6.71. The van der Waals surface area contributed by atoms with Crippen LogP contribution in [0.3, 0.4) is 0 Å². The fourth-order valence-corrected chi connectivity index (χ4v) is 4.79. The minimum absolute atomic E-state index is 0.147. The first-order chi connectivity index (χ1) is 16.8. The molecule has 3 heterocycles. The number of nitrogens with one attached hydrogen (secondary N) is 1. The first-order valence-corrected chi connectivity index (χ1v) is 12.7. The molecule has 1 saturated carbocycles. The van der Waals surface area contributed by atoms with Crippen molar-refractivity contribution in [2.75, 3.05) is 18.5 Å². The van der Waals surface area contributed by atoms with Gasteiger partial charge >= 0.3 is 12.0 Å². The fraction of sp³-hybridized carbons (Fsp3) is 0.615. The van der Waals surface area contributed by atoms with Gasteiger partial charge in [0.15, 0.2) is 0 Å². The molecule has 1 unspecified atom stereocenters. The van der Waals surface area contributed by atoms with E-state index in [1.807, 2.05) is 0 Å². The monoisotopic (exact) mass is 488 g/mol. The maximum absolute atomic E-state index is 14.9. The van der Waals surface area contributed by atoms with Gasteiger partial charge < -0.3 is 15.2 Å². The van der Waals surface area contributed by atoms with Crippen molar-refractivity contribution in [2.24, 2.45) is 0 Å². The van der Waals surface area contributed by atoms with Gasteiger partial charge in [-0.05, 0) is 74.5 Å². The molecule has 0 amide bonds. The Morgan fingerprint density at radius 2 is 2.06 bits per heavy atom. The van der Waals surface area contributed by atoms with Gasteiger partial charge in [-0.1, -0.05) is 6.07 Å². The molecule has 0 saturated heterocycles. The van der Waals surface area contributed by atoms with Crippen molar-refractivity contribution in [3.63, 3.8) is 0 Å². The summed E-state index contributed by atoms with van der Waals surface area (Å²) in [4.78, 5) is 24.2. The fourth-order valence-electron chi connectivity index (χ4n) is 4.79. The van der Waals surface area contributed by atoms with E-state index >= 15 is 0 Å². The van der Waals surface area contributed by atoms with Gasteiger partial charge in [0.05, 0.1) is 13.0 Å². The van der Waals surface area contributed by atoms with Crippen molar-refractivity contribution in [1.82, 2.24) is 15.0 Å². The van der Waals surface area contributed by atoms with Gasteiger partial charge in [0.25, 0.3) is 0 Å². The van der Waals surface area contributed by atoms with Crippen molar-refractivity contribution in [3.8, 4) is 6.01 Å². The quantitative estimate of drug-likeness (QED) is 0.359. The van der Waals surface area contributed by atoms with Gasteiger partial charge in [0, 0.05) is 43.4 Å². The Kier molecular flexibility index (Phi) is 8.13. The van der Waals surface area contributed by atoms with E-state index < -0.39 is 30.7 Å². The third kappa shape index (κ3) is 7.08. The number of rotatable bonds is 13. The highest BCUT2D eigenvalue weighted by Gasteiger charge is 2.34. The van der Waals surface area contributed by atoms with Crippen LogP contribution in [0.1, 0.15) is 92.5 Å². The highest BCUT2D eigenvalue weighted by molar-refractivity contribution is 5.68. The number of carbonyl (C=O) groups is 1. The lowest BCUT2D eigenvalue weighted by Crippen LogP contribution is -2.22. The molecule has 0 spiro atoms. The zero-order valence-corrected chi connectivity index (χ0v) is 20.2. The van der Waals surface area contributed by atoms with Crippen LogP contribution < -0.4 is 10.1 Å². The van der Waals surface area contributed by atoms with E-state index in [1.54, 1.807) is 6.92 Å². The van der Waals surface area contributed by atoms with Crippen LogP contribution in [0.4, 0.5) is 14.6 Å². The molecule has 0 radical (unpaired) electrons. The molecule has 2 aromatic heterocycles. The summed E-state index contributed by atoms with van der Waals surface area (Å²) in [6.07, 6.45) is 7.70. The number of pyridine rings is 1. The standard InChI is InChI=1S/C26H34F2N4O3/c1-2-35-25-30-15-20(16-31-25)19(13-23(33)34)14-26(27,28)10-4-3-7-22-21(17-8-9-17)12-18-6-5-11-29-24(18)32-22/h12,15-17,19H,2-11,13-14H2,1H3,(H,29,32)(H,33,34). The molecule has 2 N–H and O–H groups in total. The second kappa shape index (κ2) is 11.3. The summed E-state index contributed by atoms with van der Waals surface area (Å²) < 4.78 is 35.0. The zero-order chi connectivity index (χ0) is 24.8. The second-order valence-electron chi connectivity index (χ2n) is 9.63. The SMILES string of the molecule is CCOc1ncc(C(CC(=O)O)CC(F)(F)CCCCc2nc3c(cc2C2CC2)CCCN3)cn1. The third-order valence-corrected chi connectivity index (χ3v) is 6.71. The van der Waals surface area contributed by atoms with Crippen LogP contribution in [-0.2, 0) is 17.6 Å². The number of hydrogen-bond acceptors (Lipinski definition) is 6. The van der Waals surface area contributed by atoms with Gasteiger partial charge in [0.1, 0.15) is 5.82 Å². The van der Waals surface area contributed by atoms with Crippen molar-refractivity contribution < 1.29 is 23.4 Å². The van der Waals surface area contributed by atoms with E-state index in [0.717, 1.165) is 30.9 Å². The van der Waals surface area contributed by atoms with Gasteiger partial charge in [-0.3, -0.25) is 4.79 Å². The van der Waals surface area contributed by atoms with Crippen LogP contribution in [0.15, 0.2) is 18.5 Å². The van der Waals surface area contributed by atoms with Gasteiger partial charge in [-0.15, -0.1) is 0 Å². The zero-order valence-electron chi connectivity index (χ0n) is 20.2. The molecule has 0 bridgehead atoms. The first kappa shape index (κ1) is 25.3. The molecule has 1 aliphatic carbocycles. The van der Waals surface area contributed by atoms with E-state index in [1.165, 1.54) is 36.4 Å². The molecule has 4 rings (SSSR count). The molecule has 35 heavy (non-hydrogen) atoms. The van der Waals surface area contributed by atoms with E-state index in [9.17, 15) is 18.7 Å². The lowest BCUT2D eigenvalue weighted by Gasteiger charge is -2.23. The van der Waals surface area contributed by atoms with E-state index in [0.29, 0.717) is 37.4 Å². The lowest BCUT2D eigenvalue weighted by molar-refractivity contribution is -0.138. The van der Waals surface area contributed by atoms with E-state index in [-0.39, 0.29) is 12.4 Å². The summed E-state index contributed by atoms with van der Waals surface area (Å²) in [5, 5.41) is 12.6. The second-order valence-corrected chi connectivity index (χ2v) is 9.63. The molecule has 2 aliphatic rings. The predicted octanol–water partition coefficient (Wildman–Crippen LogP) is 5.50. The van der Waals surface area contributed by atoms with E-state index in [2.05, 4.69) is 21.4 Å². The topological polar surface area (TPSA) is 97.2 Å². The number of fused-ring (bicyclic) bond motifs is 1. The van der Waals surface area contributed by atoms with E-state index in [4.69, 9.17) is 9.72 Å². The maximum Gasteiger partial charge on any atom is 0.316 e. The van der Waals surface area contributed by atoms with Crippen LogP contribution in [0.5, 0.6) is 6.01 Å². The predicted molar refractivity (Wildman–Crippen MR) is 128 cm³/mol. The molecule has 1 fully saturated rings. The van der Waals surface area contributed by atoms with Crippen LogP contribution in [0, 0.1) is 0 Å². The Morgan fingerprint density at radius 3 is 2.74 bits per heavy atom. The van der Waals surface area contributed by atoms with Crippen molar-refractivity contribution in [3.05, 3.63) is 40.8 Å². The number of aliphatic carboxylic acids is 1. The summed E-state index contributed by atoms with van der Waals surface area (Å²) in [6, 6.07) is 2.43. The molecule has 7 nitrogen and oxygen atoms in total. The molecule has 1 aliphatic heterocycles.